The summed E-state index contributed by atoms with van der Waals surface area (Å²) in [6.07, 6.45) is 1.42. The molecular formula is C16H17N3O3. The van der Waals surface area contributed by atoms with E-state index in [4.69, 9.17) is 0 Å². The molecule has 0 saturated carbocycles. The molecule has 114 valence electrons. The van der Waals surface area contributed by atoms with Crippen LogP contribution in [0.1, 0.15) is 23.2 Å². The first-order chi connectivity index (χ1) is 10.6. The number of aromatic amines is 2. The van der Waals surface area contributed by atoms with E-state index in [1.54, 1.807) is 11.8 Å². The van der Waals surface area contributed by atoms with Gasteiger partial charge in [0.1, 0.15) is 0 Å². The van der Waals surface area contributed by atoms with Gasteiger partial charge in [0, 0.05) is 29.9 Å². The summed E-state index contributed by atoms with van der Waals surface area (Å²) < 4.78 is 0. The van der Waals surface area contributed by atoms with Crippen molar-refractivity contribution in [2.45, 2.75) is 26.2 Å². The van der Waals surface area contributed by atoms with Crippen LogP contribution in [-0.4, -0.2) is 22.4 Å². The van der Waals surface area contributed by atoms with E-state index in [9.17, 15) is 14.4 Å². The Balaban J connectivity index is 1.75. The number of nitrogens with one attached hydrogen (secondary N) is 2. The number of hydrogen-bond acceptors (Lipinski definition) is 3. The number of aryl methyl sites for hydroxylation is 1. The number of hydrogen-bond donors (Lipinski definition) is 2. The van der Waals surface area contributed by atoms with Crippen LogP contribution in [0.25, 0.3) is 0 Å². The lowest BCUT2D eigenvalue weighted by molar-refractivity contribution is -0.118. The summed E-state index contributed by atoms with van der Waals surface area (Å²) in [6.45, 7) is 2.35. The van der Waals surface area contributed by atoms with Crippen molar-refractivity contribution in [3.05, 3.63) is 61.9 Å². The molecule has 1 amide bonds. The molecule has 6 nitrogen and oxygen atoms in total. The third-order valence-corrected chi connectivity index (χ3v) is 4.03. The lowest BCUT2D eigenvalue weighted by atomic mass is 10.1. The van der Waals surface area contributed by atoms with E-state index in [1.165, 1.54) is 5.56 Å². The number of rotatable bonds is 3. The summed E-state index contributed by atoms with van der Waals surface area (Å²) >= 11 is 0. The maximum Gasteiger partial charge on any atom is 0.325 e. The smallest absolute Gasteiger partial charge is 0.312 e. The van der Waals surface area contributed by atoms with Gasteiger partial charge in [0.05, 0.1) is 0 Å². The van der Waals surface area contributed by atoms with Crippen LogP contribution < -0.4 is 16.1 Å². The molecule has 1 aliphatic rings. The topological polar surface area (TPSA) is 86.0 Å². The lowest BCUT2D eigenvalue weighted by Gasteiger charge is -2.17. The lowest BCUT2D eigenvalue weighted by Crippen LogP contribution is -2.31. The average molecular weight is 299 g/mol. The molecule has 3 rings (SSSR count). The number of amides is 1. The highest BCUT2D eigenvalue weighted by molar-refractivity contribution is 5.95. The molecule has 0 saturated heterocycles. The van der Waals surface area contributed by atoms with Crippen LogP contribution in [0, 0.1) is 6.92 Å². The van der Waals surface area contributed by atoms with Crippen LogP contribution in [-0.2, 0) is 17.6 Å². The van der Waals surface area contributed by atoms with Gasteiger partial charge in [0.25, 0.3) is 5.56 Å². The Morgan fingerprint density at radius 3 is 2.77 bits per heavy atom. The highest BCUT2D eigenvalue weighted by atomic mass is 16.2. The van der Waals surface area contributed by atoms with Crippen molar-refractivity contribution in [3.8, 4) is 0 Å². The number of para-hydroxylation sites is 1. The van der Waals surface area contributed by atoms with Crippen molar-refractivity contribution in [1.82, 2.24) is 9.97 Å². The molecule has 0 fully saturated rings. The minimum atomic E-state index is -0.522. The van der Waals surface area contributed by atoms with Gasteiger partial charge in [-0.25, -0.2) is 4.79 Å². The summed E-state index contributed by atoms with van der Waals surface area (Å²) in [5.41, 5.74) is 2.17. The first-order valence-corrected chi connectivity index (χ1v) is 7.26. The number of nitrogens with zero attached hydrogens (tertiary/aromatic N) is 1. The van der Waals surface area contributed by atoms with E-state index in [0.29, 0.717) is 24.2 Å². The van der Waals surface area contributed by atoms with Gasteiger partial charge in [-0.2, -0.15) is 0 Å². The van der Waals surface area contributed by atoms with Crippen molar-refractivity contribution in [2.24, 2.45) is 0 Å². The molecule has 0 aliphatic carbocycles. The molecule has 1 aromatic carbocycles. The zero-order chi connectivity index (χ0) is 15.7. The van der Waals surface area contributed by atoms with Crippen LogP contribution in [0.3, 0.4) is 0 Å². The summed E-state index contributed by atoms with van der Waals surface area (Å²) in [4.78, 5) is 41.9. The molecular weight excluding hydrogens is 282 g/mol. The molecule has 2 aromatic rings. The SMILES string of the molecule is Cc1[nH]c(=O)[nH]c(=O)c1CCC(=O)N1CCc2ccccc21. The predicted octanol–water partition coefficient (Wildman–Crippen LogP) is 0.894. The second-order valence-electron chi connectivity index (χ2n) is 5.44. The molecule has 2 N–H and O–H groups in total. The van der Waals surface area contributed by atoms with Gasteiger partial charge in [-0.05, 0) is 31.4 Å². The van der Waals surface area contributed by atoms with Crippen molar-refractivity contribution >= 4 is 11.6 Å². The Labute approximate surface area is 126 Å². The first-order valence-electron chi connectivity index (χ1n) is 7.26. The first kappa shape index (κ1) is 14.3. The third-order valence-electron chi connectivity index (χ3n) is 4.03. The Bertz CT molecular complexity index is 835. The molecule has 2 heterocycles. The molecule has 1 aromatic heterocycles. The summed E-state index contributed by atoms with van der Waals surface area (Å²) in [6, 6.07) is 7.86. The Kier molecular flexibility index (Phi) is 3.66. The number of H-pyrrole nitrogens is 2. The number of aromatic nitrogens is 2. The Morgan fingerprint density at radius 1 is 1.23 bits per heavy atom. The molecule has 6 heteroatoms. The molecule has 0 atom stereocenters. The highest BCUT2D eigenvalue weighted by Crippen LogP contribution is 2.28. The second-order valence-corrected chi connectivity index (χ2v) is 5.44. The van der Waals surface area contributed by atoms with Crippen molar-refractivity contribution in [2.75, 3.05) is 11.4 Å². The van der Waals surface area contributed by atoms with Crippen molar-refractivity contribution in [3.63, 3.8) is 0 Å². The van der Waals surface area contributed by atoms with E-state index >= 15 is 0 Å². The Morgan fingerprint density at radius 2 is 2.00 bits per heavy atom. The van der Waals surface area contributed by atoms with Gasteiger partial charge >= 0.3 is 5.69 Å². The maximum atomic E-state index is 12.4. The van der Waals surface area contributed by atoms with Gasteiger partial charge in [0.2, 0.25) is 5.91 Å². The summed E-state index contributed by atoms with van der Waals surface area (Å²) in [5.74, 6) is -0.00468. The van der Waals surface area contributed by atoms with Gasteiger partial charge in [0.15, 0.2) is 0 Å². The minimum Gasteiger partial charge on any atom is -0.312 e. The molecule has 0 unspecified atom stereocenters. The zero-order valence-electron chi connectivity index (χ0n) is 12.3. The number of carbonyl (C=O) groups excluding carboxylic acids is 1. The zero-order valence-corrected chi connectivity index (χ0v) is 12.3. The van der Waals surface area contributed by atoms with Crippen LogP contribution in [0.2, 0.25) is 0 Å². The van der Waals surface area contributed by atoms with E-state index < -0.39 is 11.2 Å². The van der Waals surface area contributed by atoms with Gasteiger partial charge in [-0.3, -0.25) is 14.6 Å². The fourth-order valence-electron chi connectivity index (χ4n) is 2.89. The quantitative estimate of drug-likeness (QED) is 0.882. The molecule has 0 radical (unpaired) electrons. The maximum absolute atomic E-state index is 12.4. The van der Waals surface area contributed by atoms with Gasteiger partial charge in [-0.15, -0.1) is 0 Å². The van der Waals surface area contributed by atoms with Crippen LogP contribution in [0.5, 0.6) is 0 Å². The fourth-order valence-corrected chi connectivity index (χ4v) is 2.89. The van der Waals surface area contributed by atoms with E-state index in [0.717, 1.165) is 12.1 Å². The number of carbonyl (C=O) groups is 1. The third kappa shape index (κ3) is 2.59. The number of fused-ring (bicyclic) bond motifs is 1. The van der Waals surface area contributed by atoms with E-state index in [-0.39, 0.29) is 12.3 Å². The number of anilines is 1. The van der Waals surface area contributed by atoms with Gasteiger partial charge < -0.3 is 9.88 Å². The number of benzene rings is 1. The molecule has 1 aliphatic heterocycles. The highest BCUT2D eigenvalue weighted by Gasteiger charge is 2.24. The predicted molar refractivity (Wildman–Crippen MR) is 83.2 cm³/mol. The molecule has 0 spiro atoms. The largest absolute Gasteiger partial charge is 0.325 e. The van der Waals surface area contributed by atoms with E-state index in [2.05, 4.69) is 9.97 Å². The summed E-state index contributed by atoms with van der Waals surface area (Å²) in [7, 11) is 0. The monoisotopic (exact) mass is 299 g/mol. The summed E-state index contributed by atoms with van der Waals surface area (Å²) in [5, 5.41) is 0. The van der Waals surface area contributed by atoms with Crippen LogP contribution in [0.15, 0.2) is 33.9 Å². The van der Waals surface area contributed by atoms with Crippen molar-refractivity contribution < 1.29 is 4.79 Å². The minimum absolute atomic E-state index is 0.00468. The molecule has 0 bridgehead atoms. The Hall–Kier alpha value is -2.63. The van der Waals surface area contributed by atoms with Crippen LogP contribution in [0.4, 0.5) is 5.69 Å². The van der Waals surface area contributed by atoms with Crippen molar-refractivity contribution in [1.29, 1.82) is 0 Å². The normalized spacial score (nSPS) is 13.2. The van der Waals surface area contributed by atoms with Gasteiger partial charge in [-0.1, -0.05) is 18.2 Å². The average Bonchev–Trinajstić information content (AvgIpc) is 2.90. The second kappa shape index (κ2) is 5.63. The van der Waals surface area contributed by atoms with Crippen LogP contribution >= 0.6 is 0 Å². The standard InChI is InChI=1S/C16H17N3O3/c1-10-12(15(21)18-16(22)17-10)6-7-14(20)19-9-8-11-4-2-3-5-13(11)19/h2-5H,6-9H2,1H3,(H2,17,18,21,22). The molecule has 22 heavy (non-hydrogen) atoms. The van der Waals surface area contributed by atoms with E-state index in [1.807, 2.05) is 24.3 Å². The fraction of sp³-hybridized carbons (Fsp3) is 0.312.